The molecular weight excluding hydrogens is 1530 g/mol. The third-order valence-corrected chi connectivity index (χ3v) is 20.0. The van der Waals surface area contributed by atoms with Gasteiger partial charge >= 0.3 is 23.9 Å². The van der Waals surface area contributed by atoms with E-state index in [4.69, 9.17) is 36.5 Å². The van der Waals surface area contributed by atoms with Crippen molar-refractivity contribution < 1.29 is 39.6 Å². The number of benzene rings is 13. The smallest absolute Gasteiger partial charge is 0.333 e. The predicted molar refractivity (Wildman–Crippen MR) is 507 cm³/mol. The van der Waals surface area contributed by atoms with Crippen molar-refractivity contribution in [3.05, 3.63) is 495 Å². The molecule has 0 unspecified atom stereocenters. The van der Waals surface area contributed by atoms with Crippen molar-refractivity contribution in [3.8, 4) is 0 Å². The minimum atomic E-state index is -1.25. The molecule has 14 heteroatoms. The summed E-state index contributed by atoms with van der Waals surface area (Å²) in [4.78, 5) is 61.6. The Kier molecular flexibility index (Phi) is 28.9. The Labute approximate surface area is 722 Å². The van der Waals surface area contributed by atoms with Gasteiger partial charge in [0.05, 0.1) is 26.3 Å². The Hall–Kier alpha value is -17.3. The van der Waals surface area contributed by atoms with Crippen LogP contribution in [0.2, 0.25) is 0 Å². The monoisotopic (exact) mass is 1610 g/mol. The van der Waals surface area contributed by atoms with Crippen LogP contribution in [0.1, 0.15) is 117 Å². The molecule has 14 nitrogen and oxygen atoms in total. The molecule has 600 valence electrons. The molecule has 0 bridgehead atoms. The van der Waals surface area contributed by atoms with Crippen LogP contribution in [0.15, 0.2) is 332 Å². The van der Waals surface area contributed by atoms with Gasteiger partial charge in [0, 0.05) is 34.1 Å². The summed E-state index contributed by atoms with van der Waals surface area (Å²) in [5.41, 5.74) is 26.6. The Balaban J connectivity index is 0.000000227. The van der Waals surface area contributed by atoms with E-state index in [0.29, 0.717) is 22.3 Å². The van der Waals surface area contributed by atoms with Crippen molar-refractivity contribution in [1.82, 2.24) is 0 Å². The van der Waals surface area contributed by atoms with Crippen molar-refractivity contribution in [2.75, 3.05) is 9.80 Å². The largest absolute Gasteiger partial charge is 0.486 e. The summed E-state index contributed by atoms with van der Waals surface area (Å²) < 4.78 is 0. The summed E-state index contributed by atoms with van der Waals surface area (Å²) in [5, 5.41) is 36.7. The van der Waals surface area contributed by atoms with Gasteiger partial charge < -0.3 is 30.2 Å². The molecule has 0 aliphatic rings. The van der Waals surface area contributed by atoms with E-state index in [9.17, 15) is 29.4 Å². The van der Waals surface area contributed by atoms with Crippen molar-refractivity contribution in [2.24, 2.45) is 0 Å². The molecule has 0 aromatic heterocycles. The number of hydrogen-bond acceptors (Lipinski definition) is 6. The van der Waals surface area contributed by atoms with Crippen LogP contribution in [0.25, 0.3) is 116 Å². The molecule has 0 aliphatic heterocycles. The van der Waals surface area contributed by atoms with E-state index in [1.54, 1.807) is 48.5 Å². The molecule has 0 saturated heterocycles. The maximum atomic E-state index is 11.3. The first-order chi connectivity index (χ1) is 60.1. The molecule has 4 N–H and O–H groups in total. The second-order valence-electron chi connectivity index (χ2n) is 29.0. The molecule has 0 radical (unpaired) electrons. The van der Waals surface area contributed by atoms with Gasteiger partial charge in [-0.15, -0.1) is 0 Å². The highest BCUT2D eigenvalue weighted by Gasteiger charge is 2.18. The van der Waals surface area contributed by atoms with Gasteiger partial charge in [-0.1, -0.05) is 308 Å². The van der Waals surface area contributed by atoms with E-state index >= 15 is 0 Å². The number of carboxylic acid groups (broad SMARTS) is 4. The highest BCUT2D eigenvalue weighted by atomic mass is 16.4. The summed E-state index contributed by atoms with van der Waals surface area (Å²) in [6.07, 6.45) is 28.0. The molecule has 0 saturated carbocycles. The van der Waals surface area contributed by atoms with E-state index in [1.807, 2.05) is 103 Å². The standard InChI is InChI=1S/C58H43N3O4.C52H39N3O4/c1-40-10-29-50(36-41(40)2)54(49-8-6-5-7-9-49)37-46-27-34-53(35-28-46)61(51-30-23-44(24-31-51)13-11-42-15-19-47(20-16-42)38-55(59-3)57(62)63)52-32-25-45(26-33-52)14-12-43-17-21-48(22-18-43)39-56(60-4)58(64)65;1-36-31-37(2)33-45(32-36)18-13-42-23-29-48(30-24-42)55(46-25-19-40(20-26-46)7-5-38-9-14-43(15-10-38)34-49(53-3)51(56)57)47-27-21-41(22-28-47)8-6-39-11-16-44(17-12-39)35-50(54-4)52(58)59/h5-39H,1-2H3,(H,62,63)(H,64,65);5-35H,1-2H3,(H,56,57)(H,58,59)/b13-11+,14-12+,54-37-,55-38-,56-39-;7-5+,8-6+,18-13+,49-34-,50-35-. The maximum Gasteiger partial charge on any atom is 0.333 e. The van der Waals surface area contributed by atoms with Crippen LogP contribution in [0.4, 0.5) is 34.1 Å². The van der Waals surface area contributed by atoms with Gasteiger partial charge in [-0.3, -0.25) is 19.2 Å². The number of rotatable bonds is 27. The molecule has 13 aromatic carbocycles. The molecule has 0 fully saturated rings. The molecular formula is C110H82N6O8. The van der Waals surface area contributed by atoms with Crippen molar-refractivity contribution in [1.29, 1.82) is 0 Å². The van der Waals surface area contributed by atoms with Crippen molar-refractivity contribution in [2.45, 2.75) is 27.7 Å². The molecule has 0 atom stereocenters. The lowest BCUT2D eigenvalue weighted by Crippen LogP contribution is -2.09. The number of hydrogen-bond donors (Lipinski definition) is 4. The van der Waals surface area contributed by atoms with Gasteiger partial charge in [-0.25, -0.2) is 19.4 Å². The number of nitrogens with zero attached hydrogens (tertiary/aromatic N) is 6. The fourth-order valence-electron chi connectivity index (χ4n) is 13.4. The van der Waals surface area contributed by atoms with Crippen molar-refractivity contribution >= 4 is 155 Å². The van der Waals surface area contributed by atoms with Gasteiger partial charge in [-0.05, 0) is 242 Å². The summed E-state index contributed by atoms with van der Waals surface area (Å²) in [7, 11) is 0. The Bertz CT molecular complexity index is 6290. The summed E-state index contributed by atoms with van der Waals surface area (Å²) >= 11 is 0. The molecule has 13 aromatic rings. The zero-order valence-corrected chi connectivity index (χ0v) is 68.2. The number of aliphatic carboxylic acids is 4. The van der Waals surface area contributed by atoms with Crippen LogP contribution >= 0.6 is 0 Å². The van der Waals surface area contributed by atoms with Crippen LogP contribution in [-0.4, -0.2) is 44.3 Å². The molecule has 0 heterocycles. The van der Waals surface area contributed by atoms with Gasteiger partial charge in [0.15, 0.2) is 0 Å². The summed E-state index contributed by atoms with van der Waals surface area (Å²) in [6.45, 7) is 36.8. The summed E-state index contributed by atoms with van der Waals surface area (Å²) in [5.74, 6) is -5.00. The van der Waals surface area contributed by atoms with Crippen molar-refractivity contribution in [3.63, 3.8) is 0 Å². The molecule has 124 heavy (non-hydrogen) atoms. The minimum absolute atomic E-state index is 0.331. The van der Waals surface area contributed by atoms with Crippen LogP contribution in [0, 0.1) is 54.0 Å². The summed E-state index contributed by atoms with van der Waals surface area (Å²) in [6, 6.07) is 103. The lowest BCUT2D eigenvalue weighted by Gasteiger charge is -2.26. The maximum absolute atomic E-state index is 11.3. The fourth-order valence-corrected chi connectivity index (χ4v) is 13.4. The van der Waals surface area contributed by atoms with Crippen LogP contribution in [0.5, 0.6) is 0 Å². The zero-order valence-electron chi connectivity index (χ0n) is 68.2. The lowest BCUT2D eigenvalue weighted by molar-refractivity contribution is -0.133. The van der Waals surface area contributed by atoms with Gasteiger partial charge in [0.2, 0.25) is 0 Å². The third-order valence-electron chi connectivity index (χ3n) is 20.0. The van der Waals surface area contributed by atoms with E-state index in [0.717, 1.165) is 112 Å². The van der Waals surface area contributed by atoms with Crippen LogP contribution in [0.3, 0.4) is 0 Å². The average Bonchev–Trinajstić information content (AvgIpc) is 0.814. The zero-order chi connectivity index (χ0) is 87.4. The first-order valence-electron chi connectivity index (χ1n) is 39.4. The van der Waals surface area contributed by atoms with E-state index in [-0.39, 0.29) is 22.8 Å². The highest BCUT2D eigenvalue weighted by molar-refractivity contribution is 5.97. The molecule has 13 rings (SSSR count). The first-order valence-corrected chi connectivity index (χ1v) is 39.4. The van der Waals surface area contributed by atoms with Gasteiger partial charge in [0.25, 0.3) is 22.8 Å². The first kappa shape index (κ1) is 86.1. The topological polar surface area (TPSA) is 173 Å². The minimum Gasteiger partial charge on any atom is -0.486 e. The Morgan fingerprint density at radius 3 is 0.685 bits per heavy atom. The normalized spacial score (nSPS) is 11.9. The highest BCUT2D eigenvalue weighted by Crippen LogP contribution is 2.39. The number of carbonyl (C=O) groups is 4. The van der Waals surface area contributed by atoms with E-state index in [2.05, 4.69) is 281 Å². The molecule has 0 spiro atoms. The second-order valence-corrected chi connectivity index (χ2v) is 29.0. The average molecular weight is 1620 g/mol. The molecule has 0 aliphatic carbocycles. The predicted octanol–water partition coefficient (Wildman–Crippen LogP) is 27.4. The second kappa shape index (κ2) is 41.7. The number of aryl methyl sites for hydroxylation is 4. The Morgan fingerprint density at radius 2 is 0.452 bits per heavy atom. The van der Waals surface area contributed by atoms with E-state index in [1.165, 1.54) is 46.6 Å². The van der Waals surface area contributed by atoms with Gasteiger partial charge in [-0.2, -0.15) is 0 Å². The number of carboxylic acids is 4. The number of anilines is 6. The quantitative estimate of drug-likeness (QED) is 0.0220. The SMILES string of the molecule is [C-]#[N+]/C(=C\c1ccc(/C=C/c2ccc(N(c3ccc(/C=C(/c4ccccc4)c4ccc(C)c(C)c4)cc3)c3ccc(/C=C/c4ccc(/C=C(\[N+]#[C-])C(=O)O)cc4)cc3)cc2)cc1)C(=O)O.[C-]#[N+]/C(=C\c1ccc(/C=C/c2ccc(N(c3ccc(/C=C/c4ccc(/C=C(\[N+]#[C-])C(=O)O)cc4)cc3)c3ccc(/C=C/c4cc(C)cc(C)c4)cc3)cc2)cc1)C(=O)O. The van der Waals surface area contributed by atoms with E-state index < -0.39 is 23.9 Å². The van der Waals surface area contributed by atoms with Crippen LogP contribution in [-0.2, 0) is 19.2 Å². The third kappa shape index (κ3) is 24.0. The fraction of sp³-hybridized carbons (Fsp3) is 0.0364. The lowest BCUT2D eigenvalue weighted by atomic mass is 9.93. The molecule has 0 amide bonds. The van der Waals surface area contributed by atoms with Gasteiger partial charge in [0.1, 0.15) is 0 Å². The Morgan fingerprint density at radius 1 is 0.234 bits per heavy atom. The van der Waals surface area contributed by atoms with Crippen LogP contribution < -0.4 is 9.80 Å².